The molecule has 3 aromatic carbocycles. The van der Waals surface area contributed by atoms with Crippen molar-refractivity contribution in [3.8, 4) is 11.5 Å². The molecule has 0 unspecified atom stereocenters. The third-order valence-corrected chi connectivity index (χ3v) is 6.12. The summed E-state index contributed by atoms with van der Waals surface area (Å²) in [6.45, 7) is 0. The van der Waals surface area contributed by atoms with Crippen molar-refractivity contribution < 1.29 is 9.53 Å². The number of benzene rings is 3. The molecule has 0 spiro atoms. The average Bonchev–Trinajstić information content (AvgIpc) is 3.09. The van der Waals surface area contributed by atoms with E-state index in [0.717, 1.165) is 25.8 Å². The summed E-state index contributed by atoms with van der Waals surface area (Å²) in [7, 11) is 0. The molecule has 0 fully saturated rings. The Balaban J connectivity index is 1.55. The van der Waals surface area contributed by atoms with Crippen LogP contribution in [0.4, 0.5) is 5.13 Å². The molecule has 0 atom stereocenters. The number of carbonyl (C=O) groups excluding carboxylic acids is 1. The van der Waals surface area contributed by atoms with Gasteiger partial charge in [0.25, 0.3) is 0 Å². The van der Waals surface area contributed by atoms with Gasteiger partial charge in [-0.05, 0) is 40.2 Å². The third-order valence-electron chi connectivity index (χ3n) is 4.54. The Morgan fingerprint density at radius 1 is 0.963 bits per heavy atom. The van der Waals surface area contributed by atoms with Crippen molar-refractivity contribution in [3.63, 3.8) is 0 Å². The summed E-state index contributed by atoms with van der Waals surface area (Å²) in [6, 6.07) is 21.2. The lowest BCUT2D eigenvalue weighted by Gasteiger charge is -2.27. The van der Waals surface area contributed by atoms with Crippen LogP contribution < -0.4 is 10.1 Å². The Bertz CT molecular complexity index is 1140. The van der Waals surface area contributed by atoms with Crippen molar-refractivity contribution >= 4 is 48.5 Å². The van der Waals surface area contributed by atoms with E-state index >= 15 is 0 Å². The standard InChI is InChI=1S/C21H13BrN2O2S/c22-14-8-5-11-17-19(14)23-21(27-17)24-20(25)18-12-6-1-3-9-15(12)26-16-10-4-2-7-13(16)18/h1-11,18H,(H,23,24,25). The minimum Gasteiger partial charge on any atom is -0.457 e. The number of rotatable bonds is 2. The fraction of sp³-hybridized carbons (Fsp3) is 0.0476. The van der Waals surface area contributed by atoms with E-state index < -0.39 is 5.92 Å². The van der Waals surface area contributed by atoms with Gasteiger partial charge in [0, 0.05) is 15.6 Å². The van der Waals surface area contributed by atoms with E-state index in [9.17, 15) is 4.79 Å². The second-order valence-corrected chi connectivity index (χ2v) is 8.09. The SMILES string of the molecule is O=C(Nc1nc2c(Br)cccc2s1)C1c2ccccc2Oc2ccccc21. The number of hydrogen-bond donors (Lipinski definition) is 1. The number of halogens is 1. The van der Waals surface area contributed by atoms with Crippen molar-refractivity contribution in [3.05, 3.63) is 82.3 Å². The number of nitrogens with zero attached hydrogens (tertiary/aromatic N) is 1. The number of nitrogens with one attached hydrogen (secondary N) is 1. The van der Waals surface area contributed by atoms with Gasteiger partial charge in [0.15, 0.2) is 5.13 Å². The molecule has 1 aliphatic rings. The molecule has 0 aliphatic carbocycles. The van der Waals surface area contributed by atoms with E-state index in [1.165, 1.54) is 11.3 Å². The highest BCUT2D eigenvalue weighted by Gasteiger charge is 2.32. The molecule has 0 radical (unpaired) electrons. The second kappa shape index (κ2) is 6.48. The van der Waals surface area contributed by atoms with Gasteiger partial charge in [0.2, 0.25) is 5.91 Å². The smallest absolute Gasteiger partial charge is 0.238 e. The molecule has 1 amide bonds. The normalized spacial score (nSPS) is 12.9. The number of anilines is 1. The Morgan fingerprint density at radius 2 is 1.63 bits per heavy atom. The van der Waals surface area contributed by atoms with Crippen LogP contribution in [0.3, 0.4) is 0 Å². The Morgan fingerprint density at radius 3 is 2.30 bits per heavy atom. The summed E-state index contributed by atoms with van der Waals surface area (Å²) >= 11 is 4.97. The van der Waals surface area contributed by atoms with E-state index in [0.29, 0.717) is 16.6 Å². The molecule has 0 bridgehead atoms. The zero-order chi connectivity index (χ0) is 18.4. The second-order valence-electron chi connectivity index (χ2n) is 6.21. The molecule has 1 N–H and O–H groups in total. The van der Waals surface area contributed by atoms with Gasteiger partial charge in [-0.25, -0.2) is 4.98 Å². The summed E-state index contributed by atoms with van der Waals surface area (Å²) < 4.78 is 7.91. The maximum absolute atomic E-state index is 13.2. The molecule has 0 saturated heterocycles. The number of carbonyl (C=O) groups is 1. The molecule has 5 rings (SSSR count). The first-order valence-corrected chi connectivity index (χ1v) is 10.0. The number of fused-ring (bicyclic) bond motifs is 3. The number of para-hydroxylation sites is 3. The molecule has 132 valence electrons. The van der Waals surface area contributed by atoms with Crippen LogP contribution in [-0.2, 0) is 4.79 Å². The predicted octanol–water partition coefficient (Wildman–Crippen LogP) is 5.94. The molecular weight excluding hydrogens is 424 g/mol. The highest BCUT2D eigenvalue weighted by atomic mass is 79.9. The van der Waals surface area contributed by atoms with Crippen molar-refractivity contribution in [1.29, 1.82) is 0 Å². The number of ether oxygens (including phenoxy) is 1. The van der Waals surface area contributed by atoms with E-state index in [1.807, 2.05) is 66.7 Å². The molecule has 0 saturated carbocycles. The lowest BCUT2D eigenvalue weighted by atomic mass is 9.87. The first-order valence-electron chi connectivity index (χ1n) is 8.42. The molecule has 2 heterocycles. The van der Waals surface area contributed by atoms with E-state index in [1.54, 1.807) is 0 Å². The summed E-state index contributed by atoms with van der Waals surface area (Å²) in [4.78, 5) is 17.8. The summed E-state index contributed by atoms with van der Waals surface area (Å²) in [5, 5.41) is 3.59. The Labute approximate surface area is 168 Å². The van der Waals surface area contributed by atoms with Crippen molar-refractivity contribution in [2.24, 2.45) is 0 Å². The lowest BCUT2D eigenvalue weighted by Crippen LogP contribution is -2.24. The van der Waals surface area contributed by atoms with Gasteiger partial charge in [0.05, 0.1) is 16.1 Å². The highest BCUT2D eigenvalue weighted by molar-refractivity contribution is 9.10. The minimum atomic E-state index is -0.443. The highest BCUT2D eigenvalue weighted by Crippen LogP contribution is 2.44. The van der Waals surface area contributed by atoms with Gasteiger partial charge >= 0.3 is 0 Å². The third kappa shape index (κ3) is 2.81. The van der Waals surface area contributed by atoms with Gasteiger partial charge in [0.1, 0.15) is 11.5 Å². The van der Waals surface area contributed by atoms with Crippen LogP contribution in [-0.4, -0.2) is 10.9 Å². The summed E-state index contributed by atoms with van der Waals surface area (Å²) in [6.07, 6.45) is 0. The fourth-order valence-corrected chi connectivity index (χ4v) is 4.82. The zero-order valence-corrected chi connectivity index (χ0v) is 16.4. The Kier molecular flexibility index (Phi) is 3.95. The van der Waals surface area contributed by atoms with Gasteiger partial charge < -0.3 is 10.1 Å². The van der Waals surface area contributed by atoms with Gasteiger partial charge in [-0.1, -0.05) is 53.8 Å². The van der Waals surface area contributed by atoms with Crippen LogP contribution in [0.15, 0.2) is 71.2 Å². The van der Waals surface area contributed by atoms with Crippen LogP contribution in [0.2, 0.25) is 0 Å². The quantitative estimate of drug-likeness (QED) is 0.423. The van der Waals surface area contributed by atoms with Crippen LogP contribution in [0, 0.1) is 0 Å². The topological polar surface area (TPSA) is 51.2 Å². The molecule has 6 heteroatoms. The predicted molar refractivity (Wildman–Crippen MR) is 111 cm³/mol. The maximum atomic E-state index is 13.2. The largest absolute Gasteiger partial charge is 0.457 e. The van der Waals surface area contributed by atoms with Crippen LogP contribution >= 0.6 is 27.3 Å². The number of thiazole rings is 1. The molecular formula is C21H13BrN2O2S. The van der Waals surface area contributed by atoms with Crippen molar-refractivity contribution in [2.75, 3.05) is 5.32 Å². The van der Waals surface area contributed by atoms with Crippen molar-refractivity contribution in [1.82, 2.24) is 4.98 Å². The Hall–Kier alpha value is -2.70. The van der Waals surface area contributed by atoms with E-state index in [4.69, 9.17) is 4.74 Å². The molecule has 1 aromatic heterocycles. The van der Waals surface area contributed by atoms with Crippen LogP contribution in [0.25, 0.3) is 10.2 Å². The number of aromatic nitrogens is 1. The zero-order valence-electron chi connectivity index (χ0n) is 14.0. The van der Waals surface area contributed by atoms with Crippen molar-refractivity contribution in [2.45, 2.75) is 5.92 Å². The summed E-state index contributed by atoms with van der Waals surface area (Å²) in [5.41, 5.74) is 2.57. The van der Waals surface area contributed by atoms with E-state index in [2.05, 4.69) is 26.2 Å². The molecule has 1 aliphatic heterocycles. The number of hydrogen-bond acceptors (Lipinski definition) is 4. The first kappa shape index (κ1) is 16.5. The minimum absolute atomic E-state index is 0.117. The lowest BCUT2D eigenvalue weighted by molar-refractivity contribution is -0.116. The monoisotopic (exact) mass is 436 g/mol. The fourth-order valence-electron chi connectivity index (χ4n) is 3.34. The summed E-state index contributed by atoms with van der Waals surface area (Å²) in [5.74, 6) is 0.863. The maximum Gasteiger partial charge on any atom is 0.238 e. The van der Waals surface area contributed by atoms with Gasteiger partial charge in [-0.2, -0.15) is 0 Å². The first-order chi connectivity index (χ1) is 13.2. The van der Waals surface area contributed by atoms with Crippen LogP contribution in [0.1, 0.15) is 17.0 Å². The molecule has 4 aromatic rings. The van der Waals surface area contributed by atoms with Crippen LogP contribution in [0.5, 0.6) is 11.5 Å². The molecule has 4 nitrogen and oxygen atoms in total. The van der Waals surface area contributed by atoms with Gasteiger partial charge in [-0.3, -0.25) is 4.79 Å². The average molecular weight is 437 g/mol. The van der Waals surface area contributed by atoms with Gasteiger partial charge in [-0.15, -0.1) is 0 Å². The molecule has 27 heavy (non-hydrogen) atoms. The van der Waals surface area contributed by atoms with E-state index in [-0.39, 0.29) is 5.91 Å². The number of amides is 1.